The number of hydrogen-bond acceptors (Lipinski definition) is 6. The van der Waals surface area contributed by atoms with Gasteiger partial charge in [0.1, 0.15) is 5.75 Å². The number of benzene rings is 2. The van der Waals surface area contributed by atoms with E-state index in [0.717, 1.165) is 5.56 Å². The van der Waals surface area contributed by atoms with Crippen molar-refractivity contribution >= 4 is 33.2 Å². The molecule has 0 bridgehead atoms. The highest BCUT2D eigenvalue weighted by Crippen LogP contribution is 2.35. The van der Waals surface area contributed by atoms with E-state index >= 15 is 0 Å². The second-order valence-electron chi connectivity index (χ2n) is 7.48. The number of methoxy groups -OCH3 is 1. The molecule has 3 rings (SSSR count). The van der Waals surface area contributed by atoms with Crippen molar-refractivity contribution in [2.75, 3.05) is 35.6 Å². The number of aliphatic hydroxyl groups is 1. The molecule has 2 amide bonds. The predicted octanol–water partition coefficient (Wildman–Crippen LogP) is 1.28. The SMILES string of the molecule is COc1ccc(NC(=O)C(=O)N[C@@H](CO)Cc2ccccc2)cc1N1CCCCS1(=O)=O. The summed E-state index contributed by atoms with van der Waals surface area (Å²) < 4.78 is 31.6. The summed E-state index contributed by atoms with van der Waals surface area (Å²) >= 11 is 0. The Bertz CT molecular complexity index is 1060. The number of nitrogens with zero attached hydrogens (tertiary/aromatic N) is 1. The number of ether oxygens (including phenoxy) is 1. The molecule has 172 valence electrons. The maximum Gasteiger partial charge on any atom is 0.313 e. The highest BCUT2D eigenvalue weighted by Gasteiger charge is 2.29. The molecule has 10 heteroatoms. The fraction of sp³-hybridized carbons (Fsp3) is 0.364. The number of rotatable bonds is 7. The van der Waals surface area contributed by atoms with Gasteiger partial charge < -0.3 is 20.5 Å². The summed E-state index contributed by atoms with van der Waals surface area (Å²) in [5, 5.41) is 14.6. The largest absolute Gasteiger partial charge is 0.495 e. The van der Waals surface area contributed by atoms with Crippen LogP contribution in [0.5, 0.6) is 5.75 Å². The molecule has 1 aliphatic heterocycles. The number of sulfonamides is 1. The van der Waals surface area contributed by atoms with E-state index in [4.69, 9.17) is 4.74 Å². The Kier molecular flexibility index (Phi) is 7.70. The van der Waals surface area contributed by atoms with Gasteiger partial charge in [0.25, 0.3) is 0 Å². The quantitative estimate of drug-likeness (QED) is 0.534. The summed E-state index contributed by atoms with van der Waals surface area (Å²) in [6, 6.07) is 13.2. The third kappa shape index (κ3) is 5.77. The predicted molar refractivity (Wildman–Crippen MR) is 121 cm³/mol. The van der Waals surface area contributed by atoms with Crippen molar-refractivity contribution in [2.45, 2.75) is 25.3 Å². The van der Waals surface area contributed by atoms with E-state index in [0.29, 0.717) is 37.2 Å². The van der Waals surface area contributed by atoms with Crippen LogP contribution >= 0.6 is 0 Å². The number of anilines is 2. The smallest absolute Gasteiger partial charge is 0.313 e. The second-order valence-corrected chi connectivity index (χ2v) is 9.49. The minimum Gasteiger partial charge on any atom is -0.495 e. The molecule has 0 aromatic heterocycles. The standard InChI is InChI=1S/C22H27N3O6S/c1-31-20-10-9-17(14-19(20)25-11-5-6-12-32(25,29)30)23-21(27)22(28)24-18(15-26)13-16-7-3-2-4-8-16/h2-4,7-10,14,18,26H,5-6,11-13,15H2,1H3,(H,23,27)(H,24,28)/t18-/m1/s1. The molecule has 1 atom stereocenters. The van der Waals surface area contributed by atoms with Gasteiger partial charge in [-0.1, -0.05) is 30.3 Å². The maximum absolute atomic E-state index is 12.5. The van der Waals surface area contributed by atoms with Crippen LogP contribution in [0.2, 0.25) is 0 Å². The van der Waals surface area contributed by atoms with Gasteiger partial charge in [-0.25, -0.2) is 8.42 Å². The number of carbonyl (C=O) groups excluding carboxylic acids is 2. The zero-order valence-corrected chi connectivity index (χ0v) is 18.6. The van der Waals surface area contributed by atoms with Crippen LogP contribution in [0.15, 0.2) is 48.5 Å². The average Bonchev–Trinajstić information content (AvgIpc) is 2.79. The Balaban J connectivity index is 1.70. The van der Waals surface area contributed by atoms with E-state index in [-0.39, 0.29) is 18.0 Å². The molecule has 0 saturated carbocycles. The van der Waals surface area contributed by atoms with Crippen LogP contribution in [-0.4, -0.2) is 57.4 Å². The Hall–Kier alpha value is -3.11. The van der Waals surface area contributed by atoms with Crippen LogP contribution in [0.25, 0.3) is 0 Å². The molecule has 0 radical (unpaired) electrons. The molecule has 1 aliphatic rings. The minimum absolute atomic E-state index is 0.0408. The van der Waals surface area contributed by atoms with Gasteiger partial charge in [-0.15, -0.1) is 0 Å². The Labute approximate surface area is 187 Å². The molecule has 2 aromatic rings. The summed E-state index contributed by atoms with van der Waals surface area (Å²) in [6.45, 7) is -0.0122. The second kappa shape index (κ2) is 10.5. The van der Waals surface area contributed by atoms with Gasteiger partial charge in [0.2, 0.25) is 10.0 Å². The zero-order chi connectivity index (χ0) is 23.1. The van der Waals surface area contributed by atoms with Crippen molar-refractivity contribution < 1.29 is 27.9 Å². The average molecular weight is 462 g/mol. The van der Waals surface area contributed by atoms with E-state index < -0.39 is 27.9 Å². The lowest BCUT2D eigenvalue weighted by molar-refractivity contribution is -0.136. The molecule has 3 N–H and O–H groups in total. The van der Waals surface area contributed by atoms with E-state index in [9.17, 15) is 23.1 Å². The minimum atomic E-state index is -3.49. The molecule has 1 fully saturated rings. The third-order valence-corrected chi connectivity index (χ3v) is 7.00. The van der Waals surface area contributed by atoms with E-state index in [1.807, 2.05) is 30.3 Å². The number of amides is 2. The van der Waals surface area contributed by atoms with Gasteiger partial charge in [0.05, 0.1) is 31.2 Å². The third-order valence-electron chi connectivity index (χ3n) is 5.14. The van der Waals surface area contributed by atoms with E-state index in [1.54, 1.807) is 6.07 Å². The van der Waals surface area contributed by atoms with Crippen LogP contribution in [0.4, 0.5) is 11.4 Å². The number of carbonyl (C=O) groups is 2. The fourth-order valence-corrected chi connectivity index (χ4v) is 5.16. The van der Waals surface area contributed by atoms with Gasteiger partial charge in [-0.05, 0) is 43.0 Å². The van der Waals surface area contributed by atoms with Crippen LogP contribution in [0.3, 0.4) is 0 Å². The summed E-state index contributed by atoms with van der Waals surface area (Å²) in [7, 11) is -2.05. The number of aliphatic hydroxyl groups excluding tert-OH is 1. The number of nitrogens with one attached hydrogen (secondary N) is 2. The van der Waals surface area contributed by atoms with Gasteiger partial charge in [-0.3, -0.25) is 13.9 Å². The maximum atomic E-state index is 12.5. The van der Waals surface area contributed by atoms with Gasteiger partial charge in [0, 0.05) is 12.2 Å². The first-order valence-electron chi connectivity index (χ1n) is 10.3. The summed E-state index contributed by atoms with van der Waals surface area (Å²) in [5.41, 5.74) is 1.47. The first-order chi connectivity index (χ1) is 15.3. The fourth-order valence-electron chi connectivity index (χ4n) is 3.52. The Morgan fingerprint density at radius 2 is 1.88 bits per heavy atom. The Morgan fingerprint density at radius 1 is 1.12 bits per heavy atom. The van der Waals surface area contributed by atoms with Gasteiger partial charge in [0.15, 0.2) is 0 Å². The Morgan fingerprint density at radius 3 is 2.53 bits per heavy atom. The molecule has 32 heavy (non-hydrogen) atoms. The van der Waals surface area contributed by atoms with Crippen LogP contribution in [0.1, 0.15) is 18.4 Å². The van der Waals surface area contributed by atoms with Crippen LogP contribution in [0, 0.1) is 0 Å². The summed E-state index contributed by atoms with van der Waals surface area (Å²) in [5.74, 6) is -1.43. The normalized spacial score (nSPS) is 16.1. The molecule has 2 aromatic carbocycles. The topological polar surface area (TPSA) is 125 Å². The molecule has 1 heterocycles. The molecule has 1 saturated heterocycles. The first kappa shape index (κ1) is 23.6. The van der Waals surface area contributed by atoms with Crippen molar-refractivity contribution in [1.82, 2.24) is 5.32 Å². The molecular weight excluding hydrogens is 434 g/mol. The zero-order valence-electron chi connectivity index (χ0n) is 17.8. The summed E-state index contributed by atoms with van der Waals surface area (Å²) in [6.07, 6.45) is 1.67. The highest BCUT2D eigenvalue weighted by molar-refractivity contribution is 7.92. The lowest BCUT2D eigenvalue weighted by Gasteiger charge is -2.29. The van der Waals surface area contributed by atoms with Crippen molar-refractivity contribution in [3.8, 4) is 5.75 Å². The number of hydrogen-bond donors (Lipinski definition) is 3. The molecule has 9 nitrogen and oxygen atoms in total. The lowest BCUT2D eigenvalue weighted by Crippen LogP contribution is -2.44. The molecular formula is C22H27N3O6S. The van der Waals surface area contributed by atoms with E-state index in [1.165, 1.54) is 23.5 Å². The highest BCUT2D eigenvalue weighted by atomic mass is 32.2. The molecule has 0 aliphatic carbocycles. The summed E-state index contributed by atoms with van der Waals surface area (Å²) in [4.78, 5) is 24.8. The van der Waals surface area contributed by atoms with E-state index in [2.05, 4.69) is 10.6 Å². The monoisotopic (exact) mass is 461 g/mol. The lowest BCUT2D eigenvalue weighted by atomic mass is 10.1. The van der Waals surface area contributed by atoms with Gasteiger partial charge in [-0.2, -0.15) is 0 Å². The molecule has 0 unspecified atom stereocenters. The van der Waals surface area contributed by atoms with Gasteiger partial charge >= 0.3 is 11.8 Å². The van der Waals surface area contributed by atoms with Crippen molar-refractivity contribution in [3.63, 3.8) is 0 Å². The van der Waals surface area contributed by atoms with Crippen LogP contribution < -0.4 is 19.7 Å². The van der Waals surface area contributed by atoms with Crippen LogP contribution in [-0.2, 0) is 26.0 Å². The van der Waals surface area contributed by atoms with Crippen molar-refractivity contribution in [1.29, 1.82) is 0 Å². The molecule has 0 spiro atoms. The first-order valence-corrected chi connectivity index (χ1v) is 11.9. The van der Waals surface area contributed by atoms with Crippen molar-refractivity contribution in [3.05, 3.63) is 54.1 Å². The van der Waals surface area contributed by atoms with Crippen molar-refractivity contribution in [2.24, 2.45) is 0 Å².